The fourth-order valence-electron chi connectivity index (χ4n) is 3.05. The van der Waals surface area contributed by atoms with Gasteiger partial charge >= 0.3 is 0 Å². The number of hydrogen-bond donors (Lipinski definition) is 3. The average Bonchev–Trinajstić information content (AvgIpc) is 2.68. The van der Waals surface area contributed by atoms with E-state index in [0.29, 0.717) is 25.9 Å². The summed E-state index contributed by atoms with van der Waals surface area (Å²) in [5.41, 5.74) is 1.30. The van der Waals surface area contributed by atoms with Crippen molar-refractivity contribution in [2.45, 2.75) is 25.4 Å². The number of aryl methyl sites for hydroxylation is 1. The first kappa shape index (κ1) is 18.2. The largest absolute Gasteiger partial charge is 0.477 e. The highest BCUT2D eigenvalue weighted by Crippen LogP contribution is 2.27. The lowest BCUT2D eigenvalue weighted by atomic mass is 9.91. The van der Waals surface area contributed by atoms with Crippen LogP contribution in [0, 0.1) is 6.92 Å². The number of nitrogens with zero attached hydrogens (tertiary/aromatic N) is 1. The SMILES string of the molecule is Cc1ccc(OC2(C(=O)NCCNc3cccnc3)CCNCC2)cc1. The van der Waals surface area contributed by atoms with Gasteiger partial charge in [0.2, 0.25) is 0 Å². The van der Waals surface area contributed by atoms with Crippen LogP contribution in [0.2, 0.25) is 0 Å². The van der Waals surface area contributed by atoms with E-state index in [-0.39, 0.29) is 5.91 Å². The summed E-state index contributed by atoms with van der Waals surface area (Å²) in [5.74, 6) is 0.689. The van der Waals surface area contributed by atoms with Crippen molar-refractivity contribution < 1.29 is 9.53 Å². The number of anilines is 1. The van der Waals surface area contributed by atoms with Crippen LogP contribution < -0.4 is 20.7 Å². The number of piperidine rings is 1. The highest BCUT2D eigenvalue weighted by molar-refractivity contribution is 5.85. The maximum absolute atomic E-state index is 12.9. The third-order valence-corrected chi connectivity index (χ3v) is 4.56. The Kier molecular flexibility index (Phi) is 6.07. The Hall–Kier alpha value is -2.60. The van der Waals surface area contributed by atoms with Gasteiger partial charge in [0.05, 0.1) is 5.69 Å². The zero-order valence-corrected chi connectivity index (χ0v) is 15.1. The van der Waals surface area contributed by atoms with Crippen molar-refractivity contribution in [3.63, 3.8) is 0 Å². The molecule has 0 bridgehead atoms. The molecule has 0 saturated carbocycles. The minimum atomic E-state index is -0.811. The van der Waals surface area contributed by atoms with Crippen LogP contribution in [-0.4, -0.2) is 42.7 Å². The summed E-state index contributed by atoms with van der Waals surface area (Å²) in [5, 5.41) is 9.56. The van der Waals surface area contributed by atoms with Crippen molar-refractivity contribution >= 4 is 11.6 Å². The van der Waals surface area contributed by atoms with Gasteiger partial charge in [0.25, 0.3) is 5.91 Å². The monoisotopic (exact) mass is 354 g/mol. The predicted octanol–water partition coefficient (Wildman–Crippen LogP) is 2.12. The molecule has 6 heteroatoms. The Morgan fingerprint density at radius 2 is 1.96 bits per heavy atom. The second-order valence-electron chi connectivity index (χ2n) is 6.58. The van der Waals surface area contributed by atoms with Crippen LogP contribution in [-0.2, 0) is 4.79 Å². The quantitative estimate of drug-likeness (QED) is 0.664. The molecule has 0 radical (unpaired) electrons. The summed E-state index contributed by atoms with van der Waals surface area (Å²) >= 11 is 0. The molecule has 1 saturated heterocycles. The molecule has 0 aliphatic carbocycles. The smallest absolute Gasteiger partial charge is 0.264 e. The van der Waals surface area contributed by atoms with Crippen LogP contribution >= 0.6 is 0 Å². The molecule has 0 spiro atoms. The molecule has 0 atom stereocenters. The molecule has 1 aromatic heterocycles. The molecular formula is C20H26N4O2. The number of rotatable bonds is 7. The Bertz CT molecular complexity index is 698. The van der Waals surface area contributed by atoms with E-state index in [1.165, 1.54) is 5.56 Å². The minimum absolute atomic E-state index is 0.0486. The first-order valence-corrected chi connectivity index (χ1v) is 9.07. The zero-order valence-electron chi connectivity index (χ0n) is 15.1. The van der Waals surface area contributed by atoms with Crippen molar-refractivity contribution in [3.05, 3.63) is 54.4 Å². The molecule has 1 aliphatic heterocycles. The number of benzene rings is 1. The normalized spacial score (nSPS) is 15.9. The predicted molar refractivity (Wildman–Crippen MR) is 102 cm³/mol. The van der Waals surface area contributed by atoms with Crippen LogP contribution in [0.1, 0.15) is 18.4 Å². The summed E-state index contributed by atoms with van der Waals surface area (Å²) in [6.07, 6.45) is 4.80. The van der Waals surface area contributed by atoms with E-state index >= 15 is 0 Å². The topological polar surface area (TPSA) is 75.3 Å². The van der Waals surface area contributed by atoms with Gasteiger partial charge in [-0.1, -0.05) is 17.7 Å². The number of nitrogens with one attached hydrogen (secondary N) is 3. The average molecular weight is 354 g/mol. The standard InChI is InChI=1S/C20H26N4O2/c1-16-4-6-18(7-5-16)26-20(8-11-21-12-9-20)19(25)24-14-13-23-17-3-2-10-22-15-17/h2-7,10,15,21,23H,8-9,11-14H2,1H3,(H,24,25). The van der Waals surface area contributed by atoms with Crippen molar-refractivity contribution in [1.82, 2.24) is 15.6 Å². The minimum Gasteiger partial charge on any atom is -0.477 e. The lowest BCUT2D eigenvalue weighted by Crippen LogP contribution is -2.57. The van der Waals surface area contributed by atoms with Gasteiger partial charge in [0, 0.05) is 38.3 Å². The van der Waals surface area contributed by atoms with E-state index < -0.39 is 5.60 Å². The Morgan fingerprint density at radius 3 is 2.65 bits per heavy atom. The number of hydrogen-bond acceptors (Lipinski definition) is 5. The first-order valence-electron chi connectivity index (χ1n) is 9.07. The first-order chi connectivity index (χ1) is 12.7. The number of carbonyl (C=O) groups is 1. The molecule has 2 heterocycles. The van der Waals surface area contributed by atoms with Gasteiger partial charge in [-0.3, -0.25) is 9.78 Å². The van der Waals surface area contributed by atoms with Crippen molar-refractivity contribution in [2.75, 3.05) is 31.5 Å². The highest BCUT2D eigenvalue weighted by atomic mass is 16.5. The van der Waals surface area contributed by atoms with Crippen LogP contribution in [0.15, 0.2) is 48.8 Å². The number of ether oxygens (including phenoxy) is 1. The lowest BCUT2D eigenvalue weighted by Gasteiger charge is -2.36. The van der Waals surface area contributed by atoms with Gasteiger partial charge in [-0.15, -0.1) is 0 Å². The molecular weight excluding hydrogens is 328 g/mol. The maximum atomic E-state index is 12.9. The van der Waals surface area contributed by atoms with E-state index in [9.17, 15) is 4.79 Å². The molecule has 1 aromatic carbocycles. The molecule has 6 nitrogen and oxygen atoms in total. The molecule has 138 valence electrons. The third-order valence-electron chi connectivity index (χ3n) is 4.56. The van der Waals surface area contributed by atoms with E-state index in [1.54, 1.807) is 12.4 Å². The van der Waals surface area contributed by atoms with Gasteiger partial charge in [-0.05, 0) is 44.3 Å². The van der Waals surface area contributed by atoms with Gasteiger partial charge in [0.1, 0.15) is 5.75 Å². The Balaban J connectivity index is 1.57. The molecule has 1 fully saturated rings. The molecule has 26 heavy (non-hydrogen) atoms. The number of aromatic nitrogens is 1. The fraction of sp³-hybridized carbons (Fsp3) is 0.400. The second-order valence-corrected chi connectivity index (χ2v) is 6.58. The molecule has 3 rings (SSSR count). The van der Waals surface area contributed by atoms with Crippen LogP contribution in [0.4, 0.5) is 5.69 Å². The van der Waals surface area contributed by atoms with Gasteiger partial charge < -0.3 is 20.7 Å². The van der Waals surface area contributed by atoms with Crippen molar-refractivity contribution in [2.24, 2.45) is 0 Å². The van der Waals surface area contributed by atoms with E-state index in [0.717, 1.165) is 24.5 Å². The molecule has 2 aromatic rings. The van der Waals surface area contributed by atoms with E-state index in [2.05, 4.69) is 20.9 Å². The van der Waals surface area contributed by atoms with E-state index in [1.807, 2.05) is 43.3 Å². The van der Waals surface area contributed by atoms with Gasteiger partial charge in [-0.25, -0.2) is 0 Å². The third kappa shape index (κ3) is 4.73. The number of carbonyl (C=O) groups excluding carboxylic acids is 1. The summed E-state index contributed by atoms with van der Waals surface area (Å²) in [7, 11) is 0. The van der Waals surface area contributed by atoms with Crippen molar-refractivity contribution in [3.8, 4) is 5.75 Å². The summed E-state index contributed by atoms with van der Waals surface area (Å²) < 4.78 is 6.19. The van der Waals surface area contributed by atoms with Crippen LogP contribution in [0.3, 0.4) is 0 Å². The van der Waals surface area contributed by atoms with Crippen LogP contribution in [0.5, 0.6) is 5.75 Å². The Morgan fingerprint density at radius 1 is 1.19 bits per heavy atom. The Labute approximate surface area is 154 Å². The molecule has 1 amide bonds. The fourth-order valence-corrected chi connectivity index (χ4v) is 3.05. The van der Waals surface area contributed by atoms with Gasteiger partial charge in [-0.2, -0.15) is 0 Å². The second kappa shape index (κ2) is 8.67. The van der Waals surface area contributed by atoms with Crippen molar-refractivity contribution in [1.29, 1.82) is 0 Å². The van der Waals surface area contributed by atoms with E-state index in [4.69, 9.17) is 4.74 Å². The van der Waals surface area contributed by atoms with Gasteiger partial charge in [0.15, 0.2) is 5.60 Å². The number of pyridine rings is 1. The summed E-state index contributed by atoms with van der Waals surface area (Å²) in [4.78, 5) is 17.0. The molecule has 1 aliphatic rings. The maximum Gasteiger partial charge on any atom is 0.264 e. The lowest BCUT2D eigenvalue weighted by molar-refractivity contribution is -0.139. The number of amides is 1. The summed E-state index contributed by atoms with van der Waals surface area (Å²) in [6.45, 7) is 4.74. The summed E-state index contributed by atoms with van der Waals surface area (Å²) in [6, 6.07) is 11.7. The molecule has 0 unspecified atom stereocenters. The molecule has 3 N–H and O–H groups in total. The van der Waals surface area contributed by atoms with Crippen LogP contribution in [0.25, 0.3) is 0 Å². The zero-order chi connectivity index (χ0) is 18.2. The highest BCUT2D eigenvalue weighted by Gasteiger charge is 2.41.